The lowest BCUT2D eigenvalue weighted by atomic mass is 9.50. The van der Waals surface area contributed by atoms with Gasteiger partial charge in [0.25, 0.3) is 0 Å². The maximum absolute atomic E-state index is 4.48. The lowest BCUT2D eigenvalue weighted by molar-refractivity contribution is -0.0976. The maximum Gasteiger partial charge on any atom is 0.137 e. The molecule has 0 unspecified atom stereocenters. The van der Waals surface area contributed by atoms with Crippen molar-refractivity contribution in [2.45, 2.75) is 49.6 Å². The minimum atomic E-state index is 0.171. The molecule has 0 aromatic carbocycles. The zero-order chi connectivity index (χ0) is 13.2. The van der Waals surface area contributed by atoms with Crippen molar-refractivity contribution in [3.63, 3.8) is 0 Å². The molecule has 2 aromatic rings. The summed E-state index contributed by atoms with van der Waals surface area (Å²) in [6, 6.07) is 0. The summed E-state index contributed by atoms with van der Waals surface area (Å²) in [5, 5.41) is 12.6. The van der Waals surface area contributed by atoms with Gasteiger partial charge in [-0.25, -0.2) is 9.67 Å². The van der Waals surface area contributed by atoms with Crippen LogP contribution in [0.4, 0.5) is 0 Å². The standard InChI is InChI=1S/C14H18N6/c1-11-2-13(19-9-16-17-10-19)3-12(1)5-14(4-11,6-13)20-8-15-7-18-20/h7-12H,1-6H2/t11-,12-,13?,14?/m0/s1. The van der Waals surface area contributed by atoms with Gasteiger partial charge in [0, 0.05) is 5.54 Å². The van der Waals surface area contributed by atoms with E-state index in [2.05, 4.69) is 29.5 Å². The molecule has 4 fully saturated rings. The summed E-state index contributed by atoms with van der Waals surface area (Å²) >= 11 is 0. The molecule has 4 aliphatic rings. The highest BCUT2D eigenvalue weighted by Crippen LogP contribution is 2.62. The number of hydrogen-bond donors (Lipinski definition) is 0. The van der Waals surface area contributed by atoms with Gasteiger partial charge in [-0.05, 0) is 50.4 Å². The van der Waals surface area contributed by atoms with Gasteiger partial charge in [-0.1, -0.05) is 0 Å². The third kappa shape index (κ3) is 1.29. The second kappa shape index (κ2) is 3.48. The van der Waals surface area contributed by atoms with Crippen molar-refractivity contribution < 1.29 is 0 Å². The van der Waals surface area contributed by atoms with Crippen molar-refractivity contribution in [1.29, 1.82) is 0 Å². The Morgan fingerprint density at radius 1 is 0.900 bits per heavy atom. The minimum absolute atomic E-state index is 0.171. The van der Waals surface area contributed by atoms with Crippen molar-refractivity contribution in [1.82, 2.24) is 29.5 Å². The average molecular weight is 270 g/mol. The topological polar surface area (TPSA) is 61.4 Å². The Morgan fingerprint density at radius 2 is 1.60 bits per heavy atom. The highest BCUT2D eigenvalue weighted by Gasteiger charge is 2.59. The van der Waals surface area contributed by atoms with Gasteiger partial charge in [0.05, 0.1) is 5.54 Å². The minimum Gasteiger partial charge on any atom is -0.314 e. The summed E-state index contributed by atoms with van der Waals surface area (Å²) in [4.78, 5) is 4.19. The fraction of sp³-hybridized carbons (Fsp3) is 0.714. The first-order valence-corrected chi connectivity index (χ1v) is 7.48. The Kier molecular flexibility index (Phi) is 1.91. The van der Waals surface area contributed by atoms with Crippen LogP contribution in [0.5, 0.6) is 0 Å². The van der Waals surface area contributed by atoms with E-state index < -0.39 is 0 Å². The molecule has 0 amide bonds. The zero-order valence-electron chi connectivity index (χ0n) is 11.4. The van der Waals surface area contributed by atoms with Gasteiger partial charge < -0.3 is 4.57 Å². The van der Waals surface area contributed by atoms with Crippen molar-refractivity contribution in [2.75, 3.05) is 0 Å². The van der Waals surface area contributed by atoms with Gasteiger partial charge in [-0.2, -0.15) is 5.10 Å². The van der Waals surface area contributed by atoms with Gasteiger partial charge in [-0.15, -0.1) is 10.2 Å². The molecular formula is C14H18N6. The van der Waals surface area contributed by atoms with Crippen LogP contribution < -0.4 is 0 Å². The molecule has 4 aliphatic carbocycles. The SMILES string of the molecule is c1ncn(C23C[C@H]4C[C@@H](CC(n5cnnc5)(C4)C2)C3)n1. The van der Waals surface area contributed by atoms with Gasteiger partial charge in [-0.3, -0.25) is 0 Å². The largest absolute Gasteiger partial charge is 0.314 e. The van der Waals surface area contributed by atoms with E-state index in [9.17, 15) is 0 Å². The molecule has 104 valence electrons. The molecule has 4 saturated carbocycles. The molecule has 0 saturated heterocycles. The molecule has 20 heavy (non-hydrogen) atoms. The lowest BCUT2D eigenvalue weighted by Crippen LogP contribution is -2.60. The molecule has 0 N–H and O–H groups in total. The van der Waals surface area contributed by atoms with E-state index in [4.69, 9.17) is 0 Å². The Bertz CT molecular complexity index is 550. The van der Waals surface area contributed by atoms with Crippen LogP contribution in [0.1, 0.15) is 38.5 Å². The van der Waals surface area contributed by atoms with Crippen molar-refractivity contribution >= 4 is 0 Å². The predicted molar refractivity (Wildman–Crippen MR) is 70.7 cm³/mol. The highest BCUT2D eigenvalue weighted by molar-refractivity contribution is 5.12. The molecule has 2 aromatic heterocycles. The molecule has 0 spiro atoms. The smallest absolute Gasteiger partial charge is 0.137 e. The predicted octanol–water partition coefficient (Wildman–Crippen LogP) is 1.57. The third-order valence-electron chi connectivity index (χ3n) is 5.87. The number of rotatable bonds is 2. The van der Waals surface area contributed by atoms with Gasteiger partial charge in [0.2, 0.25) is 0 Å². The van der Waals surface area contributed by atoms with E-state index in [0.29, 0.717) is 0 Å². The van der Waals surface area contributed by atoms with Gasteiger partial charge in [0.1, 0.15) is 25.3 Å². The van der Waals surface area contributed by atoms with Crippen molar-refractivity contribution in [2.24, 2.45) is 11.8 Å². The third-order valence-corrected chi connectivity index (χ3v) is 5.87. The van der Waals surface area contributed by atoms with E-state index in [1.165, 1.54) is 32.1 Å². The highest BCUT2D eigenvalue weighted by atomic mass is 15.4. The van der Waals surface area contributed by atoms with Crippen LogP contribution in [0.3, 0.4) is 0 Å². The van der Waals surface area contributed by atoms with E-state index in [1.807, 2.05) is 19.0 Å². The van der Waals surface area contributed by atoms with Crippen molar-refractivity contribution in [3.8, 4) is 0 Å². The quantitative estimate of drug-likeness (QED) is 0.831. The Balaban J connectivity index is 1.64. The number of aromatic nitrogens is 6. The zero-order valence-corrected chi connectivity index (χ0v) is 11.4. The summed E-state index contributed by atoms with van der Waals surface area (Å²) in [7, 11) is 0. The average Bonchev–Trinajstić information content (AvgIpc) is 3.12. The first-order valence-electron chi connectivity index (χ1n) is 7.48. The van der Waals surface area contributed by atoms with Gasteiger partial charge in [0.15, 0.2) is 0 Å². The molecule has 2 heterocycles. The molecule has 0 radical (unpaired) electrons. The van der Waals surface area contributed by atoms with Crippen LogP contribution in [0, 0.1) is 11.8 Å². The molecule has 0 aliphatic heterocycles. The first-order chi connectivity index (χ1) is 9.78. The molecule has 2 atom stereocenters. The van der Waals surface area contributed by atoms with Crippen LogP contribution in [0.15, 0.2) is 25.3 Å². The van der Waals surface area contributed by atoms with Crippen LogP contribution in [-0.4, -0.2) is 29.5 Å². The molecule has 6 nitrogen and oxygen atoms in total. The fourth-order valence-corrected chi connectivity index (χ4v) is 5.64. The van der Waals surface area contributed by atoms with Gasteiger partial charge >= 0.3 is 0 Å². The second-order valence-electron chi connectivity index (χ2n) is 7.12. The summed E-state index contributed by atoms with van der Waals surface area (Å²) in [5.74, 6) is 1.62. The summed E-state index contributed by atoms with van der Waals surface area (Å²) in [5.41, 5.74) is 0.379. The van der Waals surface area contributed by atoms with Crippen LogP contribution in [0.2, 0.25) is 0 Å². The normalized spacial score (nSPS) is 42.2. The monoisotopic (exact) mass is 270 g/mol. The Morgan fingerprint density at radius 3 is 2.25 bits per heavy atom. The molecular weight excluding hydrogens is 252 g/mol. The molecule has 6 rings (SSSR count). The Labute approximate surface area is 117 Å². The molecule has 4 bridgehead atoms. The summed E-state index contributed by atoms with van der Waals surface area (Å²) in [6.07, 6.45) is 15.0. The first kappa shape index (κ1) is 11.0. The summed E-state index contributed by atoms with van der Waals surface area (Å²) in [6.45, 7) is 0. The van der Waals surface area contributed by atoms with Crippen LogP contribution in [0.25, 0.3) is 0 Å². The van der Waals surface area contributed by atoms with Crippen LogP contribution >= 0.6 is 0 Å². The number of hydrogen-bond acceptors (Lipinski definition) is 4. The van der Waals surface area contributed by atoms with Crippen molar-refractivity contribution in [3.05, 3.63) is 25.3 Å². The Hall–Kier alpha value is -1.72. The fourth-order valence-electron chi connectivity index (χ4n) is 5.64. The molecule has 6 heteroatoms. The maximum atomic E-state index is 4.48. The van der Waals surface area contributed by atoms with E-state index >= 15 is 0 Å². The summed E-state index contributed by atoms with van der Waals surface area (Å²) < 4.78 is 4.42. The lowest BCUT2D eigenvalue weighted by Gasteiger charge is -2.61. The van der Waals surface area contributed by atoms with E-state index in [0.717, 1.165) is 18.3 Å². The van der Waals surface area contributed by atoms with E-state index in [1.54, 1.807) is 6.33 Å². The van der Waals surface area contributed by atoms with Crippen LogP contribution in [-0.2, 0) is 11.1 Å². The number of nitrogens with zero attached hydrogens (tertiary/aromatic N) is 6. The van der Waals surface area contributed by atoms with E-state index in [-0.39, 0.29) is 11.1 Å². The second-order valence-corrected chi connectivity index (χ2v) is 7.12.